The van der Waals surface area contributed by atoms with Gasteiger partial charge in [-0.15, -0.1) is 5.11 Å². The van der Waals surface area contributed by atoms with E-state index in [2.05, 4.69) is 26.2 Å². The summed E-state index contributed by atoms with van der Waals surface area (Å²) in [6.07, 6.45) is 0. The van der Waals surface area contributed by atoms with E-state index < -0.39 is 0 Å². The van der Waals surface area contributed by atoms with E-state index in [1.807, 2.05) is 31.2 Å². The molecule has 18 heavy (non-hydrogen) atoms. The van der Waals surface area contributed by atoms with Crippen LogP contribution in [-0.4, -0.2) is 0 Å². The van der Waals surface area contributed by atoms with Crippen molar-refractivity contribution in [1.82, 2.24) is 0 Å². The van der Waals surface area contributed by atoms with Crippen LogP contribution in [0, 0.1) is 6.92 Å². The Labute approximate surface area is 114 Å². The third-order valence-electron chi connectivity index (χ3n) is 2.63. The van der Waals surface area contributed by atoms with Crippen LogP contribution in [0.25, 0.3) is 0 Å². The fourth-order valence-corrected chi connectivity index (χ4v) is 1.70. The van der Waals surface area contributed by atoms with Crippen LogP contribution < -0.4 is 11.5 Å². The molecule has 0 unspecified atom stereocenters. The lowest BCUT2D eigenvalue weighted by molar-refractivity contribution is 1.23. The van der Waals surface area contributed by atoms with Crippen molar-refractivity contribution in [2.75, 3.05) is 11.5 Å². The van der Waals surface area contributed by atoms with Crippen molar-refractivity contribution in [3.63, 3.8) is 0 Å². The molecular formula is C13H13BrN4. The maximum absolute atomic E-state index is 5.93. The molecule has 0 saturated heterocycles. The zero-order chi connectivity index (χ0) is 13.1. The van der Waals surface area contributed by atoms with Crippen molar-refractivity contribution in [2.45, 2.75) is 6.92 Å². The molecule has 0 aromatic heterocycles. The minimum atomic E-state index is 0.566. The van der Waals surface area contributed by atoms with E-state index in [4.69, 9.17) is 11.5 Å². The molecule has 0 aliphatic carbocycles. The number of hydrogen-bond acceptors (Lipinski definition) is 4. The highest BCUT2D eigenvalue weighted by molar-refractivity contribution is 9.10. The predicted octanol–water partition coefficient (Wildman–Crippen LogP) is 4.34. The molecule has 0 bridgehead atoms. The summed E-state index contributed by atoms with van der Waals surface area (Å²) in [7, 11) is 0. The Kier molecular flexibility index (Phi) is 3.62. The standard InChI is InChI=1S/C13H13BrN4/c1-8-11(15)6-7-12(13(8)16)18-17-10-4-2-9(14)3-5-10/h2-7H,15-16H2,1H3. The minimum absolute atomic E-state index is 0.566. The maximum Gasteiger partial charge on any atom is 0.109 e. The maximum atomic E-state index is 5.93. The van der Waals surface area contributed by atoms with Crippen LogP contribution in [-0.2, 0) is 0 Å². The summed E-state index contributed by atoms with van der Waals surface area (Å²) in [5.41, 5.74) is 15.1. The molecule has 0 heterocycles. The third-order valence-corrected chi connectivity index (χ3v) is 3.16. The summed E-state index contributed by atoms with van der Waals surface area (Å²) in [6.45, 7) is 1.86. The third kappa shape index (κ3) is 2.68. The molecule has 0 saturated carbocycles. The van der Waals surface area contributed by atoms with Gasteiger partial charge in [0.05, 0.1) is 11.4 Å². The number of nitrogens with zero attached hydrogens (tertiary/aromatic N) is 2. The molecule has 0 spiro atoms. The number of azo groups is 1. The molecule has 0 fully saturated rings. The molecule has 5 heteroatoms. The van der Waals surface area contributed by atoms with Crippen molar-refractivity contribution in [2.24, 2.45) is 10.2 Å². The summed E-state index contributed by atoms with van der Waals surface area (Å²) < 4.78 is 1.00. The first kappa shape index (κ1) is 12.6. The first-order valence-corrected chi connectivity index (χ1v) is 6.19. The Morgan fingerprint density at radius 2 is 1.61 bits per heavy atom. The average molecular weight is 305 g/mol. The summed E-state index contributed by atoms with van der Waals surface area (Å²) in [5.74, 6) is 0. The monoisotopic (exact) mass is 304 g/mol. The van der Waals surface area contributed by atoms with E-state index in [-0.39, 0.29) is 0 Å². The molecule has 2 aromatic carbocycles. The molecule has 2 rings (SSSR count). The van der Waals surface area contributed by atoms with E-state index in [0.717, 1.165) is 15.7 Å². The summed E-state index contributed by atoms with van der Waals surface area (Å²) in [6, 6.07) is 11.1. The van der Waals surface area contributed by atoms with Crippen molar-refractivity contribution < 1.29 is 0 Å². The Morgan fingerprint density at radius 1 is 0.944 bits per heavy atom. The fourth-order valence-electron chi connectivity index (χ4n) is 1.44. The van der Waals surface area contributed by atoms with E-state index in [1.165, 1.54) is 0 Å². The fraction of sp³-hybridized carbons (Fsp3) is 0.0769. The van der Waals surface area contributed by atoms with Gasteiger partial charge in [-0.25, -0.2) is 0 Å². The summed E-state index contributed by atoms with van der Waals surface area (Å²) in [4.78, 5) is 0. The molecule has 0 amide bonds. The second-order valence-electron chi connectivity index (χ2n) is 3.89. The van der Waals surface area contributed by atoms with Crippen LogP contribution in [0.2, 0.25) is 0 Å². The second-order valence-corrected chi connectivity index (χ2v) is 4.80. The minimum Gasteiger partial charge on any atom is -0.398 e. The van der Waals surface area contributed by atoms with Crippen molar-refractivity contribution in [1.29, 1.82) is 0 Å². The molecule has 0 aliphatic heterocycles. The van der Waals surface area contributed by atoms with Gasteiger partial charge in [0.25, 0.3) is 0 Å². The van der Waals surface area contributed by atoms with Crippen molar-refractivity contribution in [3.05, 3.63) is 46.4 Å². The highest BCUT2D eigenvalue weighted by atomic mass is 79.9. The van der Waals surface area contributed by atoms with Gasteiger partial charge in [-0.05, 0) is 48.9 Å². The highest BCUT2D eigenvalue weighted by Crippen LogP contribution is 2.30. The van der Waals surface area contributed by atoms with E-state index in [0.29, 0.717) is 17.1 Å². The number of hydrogen-bond donors (Lipinski definition) is 2. The molecule has 0 radical (unpaired) electrons. The quantitative estimate of drug-likeness (QED) is 0.639. The van der Waals surface area contributed by atoms with Crippen LogP contribution >= 0.6 is 15.9 Å². The first-order chi connectivity index (χ1) is 8.58. The number of anilines is 2. The molecule has 92 valence electrons. The van der Waals surface area contributed by atoms with E-state index in [1.54, 1.807) is 12.1 Å². The largest absolute Gasteiger partial charge is 0.398 e. The van der Waals surface area contributed by atoms with Crippen LogP contribution in [0.3, 0.4) is 0 Å². The molecule has 4 nitrogen and oxygen atoms in total. The molecular weight excluding hydrogens is 292 g/mol. The lowest BCUT2D eigenvalue weighted by Crippen LogP contribution is -1.95. The number of benzene rings is 2. The van der Waals surface area contributed by atoms with Gasteiger partial charge in [0.2, 0.25) is 0 Å². The Hall–Kier alpha value is -1.88. The smallest absolute Gasteiger partial charge is 0.109 e. The second kappa shape index (κ2) is 5.18. The molecule has 4 N–H and O–H groups in total. The van der Waals surface area contributed by atoms with Gasteiger partial charge in [-0.3, -0.25) is 0 Å². The van der Waals surface area contributed by atoms with Crippen LogP contribution in [0.5, 0.6) is 0 Å². The van der Waals surface area contributed by atoms with Crippen LogP contribution in [0.15, 0.2) is 51.1 Å². The zero-order valence-electron chi connectivity index (χ0n) is 9.89. The van der Waals surface area contributed by atoms with Gasteiger partial charge in [-0.2, -0.15) is 5.11 Å². The number of rotatable bonds is 2. The van der Waals surface area contributed by atoms with Crippen molar-refractivity contribution >= 4 is 38.7 Å². The number of halogens is 1. The Bertz CT molecular complexity index is 591. The van der Waals surface area contributed by atoms with Gasteiger partial charge in [0, 0.05) is 10.2 Å². The summed E-state index contributed by atoms with van der Waals surface area (Å²) in [5, 5.41) is 8.27. The average Bonchev–Trinajstić information content (AvgIpc) is 2.37. The summed E-state index contributed by atoms with van der Waals surface area (Å²) >= 11 is 3.36. The van der Waals surface area contributed by atoms with E-state index in [9.17, 15) is 0 Å². The Balaban J connectivity index is 2.29. The van der Waals surface area contributed by atoms with Crippen molar-refractivity contribution in [3.8, 4) is 0 Å². The van der Waals surface area contributed by atoms with E-state index >= 15 is 0 Å². The molecule has 0 aliphatic rings. The molecule has 2 aromatic rings. The van der Waals surface area contributed by atoms with Gasteiger partial charge >= 0.3 is 0 Å². The van der Waals surface area contributed by atoms with Crippen LogP contribution in [0.1, 0.15) is 5.56 Å². The first-order valence-electron chi connectivity index (χ1n) is 5.40. The van der Waals surface area contributed by atoms with Gasteiger partial charge < -0.3 is 11.5 Å². The Morgan fingerprint density at radius 3 is 2.28 bits per heavy atom. The number of nitrogen functional groups attached to an aromatic ring is 2. The van der Waals surface area contributed by atoms with Gasteiger partial charge in [0.15, 0.2) is 0 Å². The normalized spacial score (nSPS) is 11.0. The SMILES string of the molecule is Cc1c(N)ccc(N=Nc2ccc(Br)cc2)c1N. The zero-order valence-corrected chi connectivity index (χ0v) is 11.5. The van der Waals surface area contributed by atoms with Crippen LogP contribution in [0.4, 0.5) is 22.7 Å². The van der Waals surface area contributed by atoms with Gasteiger partial charge in [-0.1, -0.05) is 15.9 Å². The van der Waals surface area contributed by atoms with Gasteiger partial charge in [0.1, 0.15) is 5.69 Å². The lowest BCUT2D eigenvalue weighted by atomic mass is 10.1. The molecule has 0 atom stereocenters. The highest BCUT2D eigenvalue weighted by Gasteiger charge is 2.03. The topological polar surface area (TPSA) is 76.8 Å². The number of nitrogens with two attached hydrogens (primary N) is 2. The lowest BCUT2D eigenvalue weighted by Gasteiger charge is -2.05. The predicted molar refractivity (Wildman–Crippen MR) is 78.3 cm³/mol.